The number of esters is 1. The highest BCUT2D eigenvalue weighted by Gasteiger charge is 2.40. The molecule has 2 aromatic carbocycles. The van der Waals surface area contributed by atoms with Gasteiger partial charge in [-0.2, -0.15) is 13.2 Å². The maximum Gasteiger partial charge on any atom is 0.453 e. The molecule has 1 saturated carbocycles. The van der Waals surface area contributed by atoms with Crippen molar-refractivity contribution in [2.75, 3.05) is 7.11 Å². The number of ether oxygens (including phenoxy) is 3. The lowest BCUT2D eigenvalue weighted by atomic mass is 10.2. The SMILES string of the molecule is COc1cccc(Oc2c(C(F)(F)F)oc3cc(OC(=O)C4CC4)ccc3c2=O)c1. The van der Waals surface area contributed by atoms with Gasteiger partial charge in [-0.1, -0.05) is 6.07 Å². The molecule has 1 aliphatic rings. The van der Waals surface area contributed by atoms with E-state index in [9.17, 15) is 22.8 Å². The molecule has 30 heavy (non-hydrogen) atoms. The zero-order chi connectivity index (χ0) is 21.5. The van der Waals surface area contributed by atoms with E-state index in [2.05, 4.69) is 0 Å². The molecule has 0 amide bonds. The van der Waals surface area contributed by atoms with Crippen LogP contribution in [0.25, 0.3) is 11.0 Å². The fourth-order valence-electron chi connectivity index (χ4n) is 2.80. The summed E-state index contributed by atoms with van der Waals surface area (Å²) in [4.78, 5) is 24.6. The summed E-state index contributed by atoms with van der Waals surface area (Å²) in [5.74, 6) is -2.94. The summed E-state index contributed by atoms with van der Waals surface area (Å²) in [6, 6.07) is 9.44. The third-order valence-electron chi connectivity index (χ3n) is 4.47. The van der Waals surface area contributed by atoms with Crippen molar-refractivity contribution in [1.29, 1.82) is 0 Å². The quantitative estimate of drug-likeness (QED) is 0.431. The van der Waals surface area contributed by atoms with Crippen LogP contribution < -0.4 is 19.6 Å². The number of fused-ring (bicyclic) bond motifs is 1. The van der Waals surface area contributed by atoms with Crippen LogP contribution in [0.5, 0.6) is 23.0 Å². The van der Waals surface area contributed by atoms with Crippen LogP contribution in [0.2, 0.25) is 0 Å². The number of carbonyl (C=O) groups excluding carboxylic acids is 1. The first kappa shape index (κ1) is 19.8. The monoisotopic (exact) mass is 420 g/mol. The van der Waals surface area contributed by atoms with Crippen molar-refractivity contribution in [3.05, 3.63) is 58.4 Å². The molecule has 0 radical (unpaired) electrons. The second-order valence-electron chi connectivity index (χ2n) is 6.72. The van der Waals surface area contributed by atoms with Crippen LogP contribution in [-0.4, -0.2) is 13.1 Å². The zero-order valence-corrected chi connectivity index (χ0v) is 15.6. The van der Waals surface area contributed by atoms with Gasteiger partial charge < -0.3 is 18.6 Å². The van der Waals surface area contributed by atoms with Crippen molar-refractivity contribution in [1.82, 2.24) is 0 Å². The van der Waals surface area contributed by atoms with Crippen molar-refractivity contribution < 1.29 is 36.6 Å². The van der Waals surface area contributed by atoms with E-state index in [4.69, 9.17) is 18.6 Å². The van der Waals surface area contributed by atoms with E-state index in [1.165, 1.54) is 37.4 Å². The molecule has 0 spiro atoms. The van der Waals surface area contributed by atoms with E-state index in [0.717, 1.165) is 6.07 Å². The molecule has 0 saturated heterocycles. The molecular weight excluding hydrogens is 405 g/mol. The lowest BCUT2D eigenvalue weighted by molar-refractivity contribution is -0.154. The lowest BCUT2D eigenvalue weighted by Crippen LogP contribution is -2.16. The highest BCUT2D eigenvalue weighted by Crippen LogP contribution is 2.39. The van der Waals surface area contributed by atoms with Crippen LogP contribution in [-0.2, 0) is 11.0 Å². The van der Waals surface area contributed by atoms with E-state index < -0.39 is 29.1 Å². The third-order valence-corrected chi connectivity index (χ3v) is 4.47. The first-order valence-electron chi connectivity index (χ1n) is 8.98. The van der Waals surface area contributed by atoms with Gasteiger partial charge in [0.1, 0.15) is 22.8 Å². The number of hydrogen-bond donors (Lipinski definition) is 0. The van der Waals surface area contributed by atoms with Gasteiger partial charge in [0, 0.05) is 12.1 Å². The Morgan fingerprint density at radius 1 is 1.07 bits per heavy atom. The van der Waals surface area contributed by atoms with Crippen molar-refractivity contribution in [3.8, 4) is 23.0 Å². The van der Waals surface area contributed by atoms with Crippen molar-refractivity contribution in [2.24, 2.45) is 5.92 Å². The average molecular weight is 420 g/mol. The summed E-state index contributed by atoms with van der Waals surface area (Å²) in [6.45, 7) is 0. The van der Waals surface area contributed by atoms with Gasteiger partial charge >= 0.3 is 12.1 Å². The number of benzene rings is 2. The van der Waals surface area contributed by atoms with E-state index in [1.54, 1.807) is 6.07 Å². The van der Waals surface area contributed by atoms with Crippen LogP contribution in [0, 0.1) is 5.92 Å². The minimum atomic E-state index is -5.00. The van der Waals surface area contributed by atoms with Crippen molar-refractivity contribution >= 4 is 16.9 Å². The number of rotatable bonds is 5. The van der Waals surface area contributed by atoms with Gasteiger partial charge in [0.2, 0.25) is 11.2 Å². The largest absolute Gasteiger partial charge is 0.497 e. The molecule has 1 fully saturated rings. The molecule has 0 aliphatic heterocycles. The van der Waals surface area contributed by atoms with Crippen molar-refractivity contribution in [2.45, 2.75) is 19.0 Å². The first-order valence-corrected chi connectivity index (χ1v) is 8.98. The fourth-order valence-corrected chi connectivity index (χ4v) is 2.80. The molecule has 4 rings (SSSR count). The molecule has 0 bridgehead atoms. The van der Waals surface area contributed by atoms with E-state index in [1.807, 2.05) is 0 Å². The topological polar surface area (TPSA) is 75.0 Å². The summed E-state index contributed by atoms with van der Waals surface area (Å²) in [6.07, 6.45) is -3.57. The molecule has 1 heterocycles. The Balaban J connectivity index is 1.79. The van der Waals surface area contributed by atoms with Crippen LogP contribution in [0.4, 0.5) is 13.2 Å². The molecule has 156 valence electrons. The average Bonchev–Trinajstić information content (AvgIpc) is 3.54. The fraction of sp³-hybridized carbons (Fsp3) is 0.238. The molecule has 9 heteroatoms. The van der Waals surface area contributed by atoms with E-state index >= 15 is 0 Å². The van der Waals surface area contributed by atoms with Crippen LogP contribution >= 0.6 is 0 Å². The molecule has 3 aromatic rings. The van der Waals surface area contributed by atoms with Gasteiger partial charge in [-0.25, -0.2) is 0 Å². The van der Waals surface area contributed by atoms with Crippen LogP contribution in [0.3, 0.4) is 0 Å². The van der Waals surface area contributed by atoms with Crippen LogP contribution in [0.15, 0.2) is 51.7 Å². The highest BCUT2D eigenvalue weighted by molar-refractivity contribution is 5.82. The number of hydrogen-bond acceptors (Lipinski definition) is 6. The van der Waals surface area contributed by atoms with Gasteiger partial charge in [0.25, 0.3) is 5.76 Å². The first-order chi connectivity index (χ1) is 14.3. The Morgan fingerprint density at radius 2 is 1.80 bits per heavy atom. The van der Waals surface area contributed by atoms with E-state index in [0.29, 0.717) is 18.6 Å². The predicted octanol–water partition coefficient (Wildman–Crippen LogP) is 4.93. The predicted molar refractivity (Wildman–Crippen MR) is 98.9 cm³/mol. The van der Waals surface area contributed by atoms with E-state index in [-0.39, 0.29) is 28.4 Å². The molecular formula is C21H15F3O6. The van der Waals surface area contributed by atoms with Gasteiger partial charge in [0.05, 0.1) is 18.4 Å². The minimum Gasteiger partial charge on any atom is -0.497 e. The Morgan fingerprint density at radius 3 is 2.47 bits per heavy atom. The Bertz CT molecular complexity index is 1180. The molecule has 6 nitrogen and oxygen atoms in total. The smallest absolute Gasteiger partial charge is 0.453 e. The Labute approximate surface area is 167 Å². The number of alkyl halides is 3. The second-order valence-corrected chi connectivity index (χ2v) is 6.72. The maximum absolute atomic E-state index is 13.6. The molecule has 0 atom stereocenters. The lowest BCUT2D eigenvalue weighted by Gasteiger charge is -2.14. The Hall–Kier alpha value is -3.49. The molecule has 1 aliphatic carbocycles. The van der Waals surface area contributed by atoms with Gasteiger partial charge in [-0.3, -0.25) is 9.59 Å². The maximum atomic E-state index is 13.6. The summed E-state index contributed by atoms with van der Waals surface area (Å²) < 4.78 is 61.2. The van der Waals surface area contributed by atoms with Crippen LogP contribution in [0.1, 0.15) is 18.6 Å². The van der Waals surface area contributed by atoms with Crippen molar-refractivity contribution in [3.63, 3.8) is 0 Å². The summed E-state index contributed by atoms with van der Waals surface area (Å²) >= 11 is 0. The standard InChI is InChI=1S/C21H15F3O6/c1-27-12-3-2-4-13(9-12)28-18-17(25)15-8-7-14(29-20(26)11-5-6-11)10-16(15)30-19(18)21(22,23)24/h2-4,7-11H,5-6H2,1H3. The minimum absolute atomic E-state index is 0.00265. The van der Waals surface area contributed by atoms with Gasteiger partial charge in [0.15, 0.2) is 0 Å². The number of carbonyl (C=O) groups is 1. The van der Waals surface area contributed by atoms with Gasteiger partial charge in [-0.15, -0.1) is 0 Å². The molecule has 1 aromatic heterocycles. The summed E-state index contributed by atoms with van der Waals surface area (Å²) in [5.41, 5.74) is -1.38. The normalized spacial score (nSPS) is 13.9. The zero-order valence-electron chi connectivity index (χ0n) is 15.6. The summed E-state index contributed by atoms with van der Waals surface area (Å²) in [5, 5.41) is -0.146. The highest BCUT2D eigenvalue weighted by atomic mass is 19.4. The van der Waals surface area contributed by atoms with Gasteiger partial charge in [-0.05, 0) is 37.1 Å². The summed E-state index contributed by atoms with van der Waals surface area (Å²) in [7, 11) is 1.39. The second kappa shape index (κ2) is 7.40. The number of methoxy groups -OCH3 is 1. The molecule has 0 N–H and O–H groups in total. The number of halogens is 3. The Kier molecular flexibility index (Phi) is 4.89. The third kappa shape index (κ3) is 3.96. The molecule has 0 unspecified atom stereocenters.